The smallest absolute Gasteiger partial charge is 0.0930 e. The molecule has 0 bridgehead atoms. The molecule has 0 saturated heterocycles. The van der Waals surface area contributed by atoms with Gasteiger partial charge in [-0.15, -0.1) is 0 Å². The molecule has 1 nitrogen and oxygen atoms in total. The van der Waals surface area contributed by atoms with Crippen LogP contribution in [-0.2, 0) is 0 Å². The summed E-state index contributed by atoms with van der Waals surface area (Å²) < 4.78 is 5.02. The zero-order valence-corrected chi connectivity index (χ0v) is 5.95. The maximum atomic E-state index is 5.02. The molecule has 1 aromatic rings. The highest BCUT2D eigenvalue weighted by molar-refractivity contribution is 5.03. The van der Waals surface area contributed by atoms with Crippen molar-refractivity contribution in [1.82, 2.24) is 0 Å². The maximum absolute atomic E-state index is 5.02. The fourth-order valence-electron chi connectivity index (χ4n) is 0.612. The summed E-state index contributed by atoms with van der Waals surface area (Å²) in [4.78, 5) is 0. The zero-order chi connectivity index (χ0) is 7.23. The molecule has 0 radical (unpaired) electrons. The van der Waals surface area contributed by atoms with E-state index in [0.29, 0.717) is 0 Å². The molecule has 1 heteroatoms. The summed E-state index contributed by atoms with van der Waals surface area (Å²) in [6, 6.07) is 9.69. The first-order chi connectivity index (χ1) is 4.89. The van der Waals surface area contributed by atoms with Crippen LogP contribution in [0, 0.1) is 6.92 Å². The minimum Gasteiger partial charge on any atom is -0.472 e. The van der Waals surface area contributed by atoms with Crippen molar-refractivity contribution in [2.75, 3.05) is 0 Å². The van der Waals surface area contributed by atoms with E-state index in [9.17, 15) is 0 Å². The topological polar surface area (TPSA) is 13.1 Å². The van der Waals surface area contributed by atoms with Crippen LogP contribution in [0.3, 0.4) is 0 Å². The lowest BCUT2D eigenvalue weighted by atomic mass is 10.3. The van der Waals surface area contributed by atoms with Crippen molar-refractivity contribution in [2.45, 2.75) is 6.92 Å². The van der Waals surface area contributed by atoms with Crippen LogP contribution in [0.4, 0.5) is 0 Å². The standard InChI is InChI=1S/C9H10O/c1-9-6-4-2-3-5-7-10-8-9/h2-8H,1H3. The number of hydrogen-bond acceptors (Lipinski definition) is 1. The van der Waals surface area contributed by atoms with E-state index in [4.69, 9.17) is 4.42 Å². The first-order valence-corrected chi connectivity index (χ1v) is 3.22. The molecule has 0 saturated carbocycles. The summed E-state index contributed by atoms with van der Waals surface area (Å²) in [7, 11) is 0. The SMILES string of the molecule is Cc1ccccccoc1. The summed E-state index contributed by atoms with van der Waals surface area (Å²) in [6.45, 7) is 1.99. The molecule has 0 N–H and O–H groups in total. The summed E-state index contributed by atoms with van der Waals surface area (Å²) in [5.74, 6) is 0. The highest BCUT2D eigenvalue weighted by Gasteiger charge is 1.71. The average molecular weight is 134 g/mol. The Morgan fingerprint density at radius 3 is 2.80 bits per heavy atom. The highest BCUT2D eigenvalue weighted by Crippen LogP contribution is 1.90. The summed E-state index contributed by atoms with van der Waals surface area (Å²) in [5.41, 5.74) is 1.11. The second-order valence-corrected chi connectivity index (χ2v) is 2.07. The Bertz CT molecular complexity index is 212. The van der Waals surface area contributed by atoms with Crippen molar-refractivity contribution in [3.8, 4) is 0 Å². The van der Waals surface area contributed by atoms with Crippen molar-refractivity contribution >= 4 is 0 Å². The quantitative estimate of drug-likeness (QED) is 0.531. The lowest BCUT2D eigenvalue weighted by molar-refractivity contribution is 0.550. The summed E-state index contributed by atoms with van der Waals surface area (Å²) in [6.07, 6.45) is 3.35. The van der Waals surface area contributed by atoms with Crippen LogP contribution in [0.2, 0.25) is 0 Å². The van der Waals surface area contributed by atoms with E-state index >= 15 is 0 Å². The van der Waals surface area contributed by atoms with E-state index in [-0.39, 0.29) is 0 Å². The molecular formula is C9H10O. The molecule has 0 aliphatic carbocycles. The molecular weight excluding hydrogens is 124 g/mol. The van der Waals surface area contributed by atoms with Crippen molar-refractivity contribution in [3.05, 3.63) is 48.4 Å². The van der Waals surface area contributed by atoms with Gasteiger partial charge in [0, 0.05) is 0 Å². The summed E-state index contributed by atoms with van der Waals surface area (Å²) >= 11 is 0. The number of rotatable bonds is 0. The van der Waals surface area contributed by atoms with Gasteiger partial charge in [-0.1, -0.05) is 24.3 Å². The van der Waals surface area contributed by atoms with Gasteiger partial charge in [0.05, 0.1) is 12.5 Å². The molecule has 0 aliphatic rings. The predicted octanol–water partition coefficient (Wildman–Crippen LogP) is 2.71. The number of aryl methyl sites for hydroxylation is 1. The maximum Gasteiger partial charge on any atom is 0.0930 e. The van der Waals surface area contributed by atoms with Gasteiger partial charge in [0.1, 0.15) is 0 Å². The molecule has 0 aromatic carbocycles. The van der Waals surface area contributed by atoms with Crippen LogP contribution in [0.15, 0.2) is 47.3 Å². The molecule has 0 fully saturated rings. The van der Waals surface area contributed by atoms with Gasteiger partial charge in [-0.05, 0) is 18.6 Å². The van der Waals surface area contributed by atoms with Gasteiger partial charge in [-0.25, -0.2) is 0 Å². The fraction of sp³-hybridized carbons (Fsp3) is 0.111. The van der Waals surface area contributed by atoms with Crippen LogP contribution in [0.25, 0.3) is 0 Å². The van der Waals surface area contributed by atoms with Crippen molar-refractivity contribution in [3.63, 3.8) is 0 Å². The Morgan fingerprint density at radius 1 is 1.10 bits per heavy atom. The third-order valence-corrected chi connectivity index (χ3v) is 1.10. The van der Waals surface area contributed by atoms with Gasteiger partial charge in [0.2, 0.25) is 0 Å². The van der Waals surface area contributed by atoms with E-state index in [1.54, 1.807) is 12.5 Å². The molecule has 0 spiro atoms. The second-order valence-electron chi connectivity index (χ2n) is 2.07. The van der Waals surface area contributed by atoms with Crippen LogP contribution in [0.5, 0.6) is 0 Å². The monoisotopic (exact) mass is 134 g/mol. The Kier molecular flexibility index (Phi) is 2.56. The molecule has 1 aromatic heterocycles. The number of hydrogen-bond donors (Lipinski definition) is 0. The Morgan fingerprint density at radius 2 is 1.90 bits per heavy atom. The molecule has 0 atom stereocenters. The molecule has 0 amide bonds. The molecule has 0 unspecified atom stereocenters. The van der Waals surface area contributed by atoms with Crippen LogP contribution < -0.4 is 0 Å². The van der Waals surface area contributed by atoms with Crippen molar-refractivity contribution < 1.29 is 4.42 Å². The average Bonchev–Trinajstić information content (AvgIpc) is 2.02. The Balaban J connectivity index is 3.13. The van der Waals surface area contributed by atoms with Gasteiger partial charge in [-0.3, -0.25) is 0 Å². The first-order valence-electron chi connectivity index (χ1n) is 3.22. The molecule has 0 aliphatic heterocycles. The van der Waals surface area contributed by atoms with Crippen LogP contribution in [-0.4, -0.2) is 0 Å². The van der Waals surface area contributed by atoms with Gasteiger partial charge in [0.25, 0.3) is 0 Å². The third-order valence-electron chi connectivity index (χ3n) is 1.10. The van der Waals surface area contributed by atoms with Crippen LogP contribution >= 0.6 is 0 Å². The van der Waals surface area contributed by atoms with Gasteiger partial charge in [0.15, 0.2) is 0 Å². The lowest BCUT2D eigenvalue weighted by Gasteiger charge is -1.77. The minimum absolute atomic E-state index is 1.11. The zero-order valence-electron chi connectivity index (χ0n) is 5.95. The van der Waals surface area contributed by atoms with E-state index in [0.717, 1.165) is 5.56 Å². The minimum atomic E-state index is 1.11. The van der Waals surface area contributed by atoms with Gasteiger partial charge < -0.3 is 4.42 Å². The van der Waals surface area contributed by atoms with E-state index in [1.165, 1.54) is 0 Å². The lowest BCUT2D eigenvalue weighted by Crippen LogP contribution is -1.57. The van der Waals surface area contributed by atoms with Crippen molar-refractivity contribution in [2.24, 2.45) is 0 Å². The van der Waals surface area contributed by atoms with Crippen molar-refractivity contribution in [1.29, 1.82) is 0 Å². The molecule has 52 valence electrons. The first kappa shape index (κ1) is 6.87. The predicted molar refractivity (Wildman–Crippen MR) is 41.1 cm³/mol. The highest BCUT2D eigenvalue weighted by atomic mass is 16.3. The molecule has 1 heterocycles. The van der Waals surface area contributed by atoms with Crippen LogP contribution in [0.1, 0.15) is 5.56 Å². The largest absolute Gasteiger partial charge is 0.472 e. The Hall–Kier alpha value is -1.24. The fourth-order valence-corrected chi connectivity index (χ4v) is 0.612. The normalized spacial score (nSPS) is 8.50. The second kappa shape index (κ2) is 3.72. The van der Waals surface area contributed by atoms with E-state index < -0.39 is 0 Å². The van der Waals surface area contributed by atoms with Gasteiger partial charge in [-0.2, -0.15) is 0 Å². The van der Waals surface area contributed by atoms with E-state index in [2.05, 4.69) is 0 Å². The summed E-state index contributed by atoms with van der Waals surface area (Å²) in [5, 5.41) is 0. The van der Waals surface area contributed by atoms with E-state index in [1.807, 2.05) is 37.3 Å². The third kappa shape index (κ3) is 2.35. The Labute approximate surface area is 60.6 Å². The van der Waals surface area contributed by atoms with Gasteiger partial charge >= 0.3 is 0 Å². The molecule has 1 rings (SSSR count). The molecule has 10 heavy (non-hydrogen) atoms.